The van der Waals surface area contributed by atoms with Gasteiger partial charge in [-0.2, -0.15) is 0 Å². The number of aryl methyl sites for hydroxylation is 2. The van der Waals surface area contributed by atoms with Crippen molar-refractivity contribution in [2.75, 3.05) is 0 Å². The monoisotopic (exact) mass is 322 g/mol. The van der Waals surface area contributed by atoms with Crippen LogP contribution in [0.15, 0.2) is 49.8 Å². The summed E-state index contributed by atoms with van der Waals surface area (Å²) >= 11 is 0. The Labute approximate surface area is 146 Å². The summed E-state index contributed by atoms with van der Waals surface area (Å²) in [4.78, 5) is 0. The molecule has 1 saturated carbocycles. The van der Waals surface area contributed by atoms with Crippen LogP contribution >= 0.6 is 0 Å². The van der Waals surface area contributed by atoms with Gasteiger partial charge >= 0.3 is 0 Å². The molecule has 0 amide bonds. The van der Waals surface area contributed by atoms with Crippen molar-refractivity contribution in [2.24, 2.45) is 0 Å². The van der Waals surface area contributed by atoms with Crippen LogP contribution in [0, 0.1) is 13.8 Å². The van der Waals surface area contributed by atoms with E-state index in [0.717, 1.165) is 13.1 Å². The molecule has 0 radical (unpaired) electrons. The number of hydrogen-bond acceptors (Lipinski definition) is 0. The second kappa shape index (κ2) is 7.29. The topological polar surface area (TPSA) is 9.86 Å². The van der Waals surface area contributed by atoms with Crippen LogP contribution in [0.3, 0.4) is 0 Å². The zero-order valence-corrected chi connectivity index (χ0v) is 15.2. The van der Waals surface area contributed by atoms with Gasteiger partial charge in [-0.05, 0) is 74.6 Å². The van der Waals surface area contributed by atoms with Crippen molar-refractivity contribution in [3.05, 3.63) is 72.4 Å². The van der Waals surface area contributed by atoms with E-state index in [2.05, 4.69) is 60.7 Å². The van der Waals surface area contributed by atoms with Crippen LogP contribution in [0.2, 0.25) is 0 Å². The molecule has 128 valence electrons. The average molecular weight is 322 g/mol. The Kier molecular flexibility index (Phi) is 5.13. The minimum atomic E-state index is 0.693. The minimum Gasteiger partial charge on any atom is -0.347 e. The molecule has 1 aliphatic carbocycles. The van der Waals surface area contributed by atoms with Crippen LogP contribution in [0.4, 0.5) is 0 Å². The third-order valence-electron chi connectivity index (χ3n) is 5.35. The van der Waals surface area contributed by atoms with E-state index in [1.165, 1.54) is 48.2 Å². The third kappa shape index (κ3) is 3.43. The fourth-order valence-corrected chi connectivity index (χ4v) is 4.33. The normalized spacial score (nSPS) is 20.9. The summed E-state index contributed by atoms with van der Waals surface area (Å²) in [5, 5.41) is 0. The van der Waals surface area contributed by atoms with Gasteiger partial charge < -0.3 is 9.13 Å². The van der Waals surface area contributed by atoms with Gasteiger partial charge in [-0.25, -0.2) is 0 Å². The molecule has 24 heavy (non-hydrogen) atoms. The predicted molar refractivity (Wildman–Crippen MR) is 103 cm³/mol. The lowest BCUT2D eigenvalue weighted by molar-refractivity contribution is 0.374. The molecule has 0 atom stereocenters. The number of rotatable bonds is 6. The molecule has 0 N–H and O–H groups in total. The highest BCUT2D eigenvalue weighted by atomic mass is 15.0. The van der Waals surface area contributed by atoms with Crippen molar-refractivity contribution in [2.45, 2.75) is 64.5 Å². The largest absolute Gasteiger partial charge is 0.347 e. The molecule has 0 saturated heterocycles. The highest BCUT2D eigenvalue weighted by molar-refractivity contribution is 5.25. The first-order chi connectivity index (χ1) is 11.6. The van der Waals surface area contributed by atoms with Crippen molar-refractivity contribution in [1.82, 2.24) is 9.13 Å². The fraction of sp³-hybridized carbons (Fsp3) is 0.455. The Balaban J connectivity index is 1.72. The van der Waals surface area contributed by atoms with Gasteiger partial charge in [0.25, 0.3) is 0 Å². The second-order valence-corrected chi connectivity index (χ2v) is 7.32. The summed E-state index contributed by atoms with van der Waals surface area (Å²) in [5.41, 5.74) is 5.74. The highest BCUT2D eigenvalue weighted by Gasteiger charge is 2.27. The van der Waals surface area contributed by atoms with Crippen LogP contribution in [0.25, 0.3) is 0 Å². The summed E-state index contributed by atoms with van der Waals surface area (Å²) in [6.07, 6.45) is 13.7. The number of aromatic nitrogens is 2. The van der Waals surface area contributed by atoms with Gasteiger partial charge in [0, 0.05) is 36.9 Å². The summed E-state index contributed by atoms with van der Waals surface area (Å²) < 4.78 is 4.77. The number of nitrogens with zero attached hydrogens (tertiary/aromatic N) is 2. The smallest absolute Gasteiger partial charge is 0.0400 e. The molecule has 0 spiro atoms. The Morgan fingerprint density at radius 3 is 1.54 bits per heavy atom. The molecular formula is C22H30N2. The molecule has 0 aromatic carbocycles. The molecule has 3 rings (SSSR count). The summed E-state index contributed by atoms with van der Waals surface area (Å²) in [6.45, 7) is 14.0. The Morgan fingerprint density at radius 1 is 0.833 bits per heavy atom. The molecule has 2 heteroatoms. The summed E-state index contributed by atoms with van der Waals surface area (Å²) in [5.74, 6) is 1.39. The lowest BCUT2D eigenvalue weighted by Gasteiger charge is -2.30. The van der Waals surface area contributed by atoms with Gasteiger partial charge in [-0.3, -0.25) is 0 Å². The quantitative estimate of drug-likeness (QED) is 0.602. The number of allylic oxidation sites excluding steroid dienone is 2. The third-order valence-corrected chi connectivity index (χ3v) is 5.35. The van der Waals surface area contributed by atoms with Crippen LogP contribution < -0.4 is 0 Å². The summed E-state index contributed by atoms with van der Waals surface area (Å²) in [6, 6.07) is 4.75. The minimum absolute atomic E-state index is 0.693. The van der Waals surface area contributed by atoms with E-state index in [9.17, 15) is 0 Å². The molecule has 1 fully saturated rings. The van der Waals surface area contributed by atoms with Crippen molar-refractivity contribution >= 4 is 0 Å². The van der Waals surface area contributed by atoms with Gasteiger partial charge in [0.2, 0.25) is 0 Å². The highest BCUT2D eigenvalue weighted by Crippen LogP contribution is 2.41. The van der Waals surface area contributed by atoms with E-state index >= 15 is 0 Å². The van der Waals surface area contributed by atoms with Crippen LogP contribution in [-0.4, -0.2) is 9.13 Å². The first kappa shape index (κ1) is 16.9. The van der Waals surface area contributed by atoms with Gasteiger partial charge in [0.15, 0.2) is 0 Å². The number of hydrogen-bond donors (Lipinski definition) is 0. The molecule has 0 aliphatic heterocycles. The van der Waals surface area contributed by atoms with Gasteiger partial charge in [-0.15, -0.1) is 13.2 Å². The van der Waals surface area contributed by atoms with Gasteiger partial charge in [-0.1, -0.05) is 12.2 Å². The van der Waals surface area contributed by atoms with E-state index < -0.39 is 0 Å². The molecule has 1 aliphatic rings. The molecule has 0 bridgehead atoms. The van der Waals surface area contributed by atoms with Crippen molar-refractivity contribution in [3.63, 3.8) is 0 Å². The Morgan fingerprint density at radius 2 is 1.21 bits per heavy atom. The first-order valence-corrected chi connectivity index (χ1v) is 9.17. The van der Waals surface area contributed by atoms with E-state index in [-0.39, 0.29) is 0 Å². The molecule has 2 heterocycles. The zero-order valence-electron chi connectivity index (χ0n) is 15.2. The molecule has 2 nitrogen and oxygen atoms in total. The Hall–Kier alpha value is -1.96. The lowest BCUT2D eigenvalue weighted by Crippen LogP contribution is -2.17. The standard InChI is InChI=1S/C22H30N2/c1-5-11-23-15-17(3)13-21(23)19-7-9-20(10-8-19)22-14-18(4)16-24(22)12-6-2/h5-6,13-16,19-20H,1-2,7-12H2,3-4H3. The molecule has 0 unspecified atom stereocenters. The maximum atomic E-state index is 3.90. The average Bonchev–Trinajstić information content (AvgIpc) is 3.11. The molecule has 2 aromatic heterocycles. The van der Waals surface area contributed by atoms with Gasteiger partial charge in [0.05, 0.1) is 0 Å². The lowest BCUT2D eigenvalue weighted by atomic mass is 9.79. The SMILES string of the molecule is C=CCn1cc(C)cc1C1CCC(c2cc(C)cn2CC=C)CC1. The maximum Gasteiger partial charge on any atom is 0.0400 e. The van der Waals surface area contributed by atoms with E-state index in [4.69, 9.17) is 0 Å². The molecular weight excluding hydrogens is 292 g/mol. The van der Waals surface area contributed by atoms with Crippen LogP contribution in [-0.2, 0) is 13.1 Å². The zero-order chi connectivity index (χ0) is 17.1. The van der Waals surface area contributed by atoms with Crippen LogP contribution in [0.5, 0.6) is 0 Å². The van der Waals surface area contributed by atoms with Crippen molar-refractivity contribution in [1.29, 1.82) is 0 Å². The first-order valence-electron chi connectivity index (χ1n) is 9.17. The maximum absolute atomic E-state index is 3.90. The summed E-state index contributed by atoms with van der Waals surface area (Å²) in [7, 11) is 0. The van der Waals surface area contributed by atoms with Crippen LogP contribution in [0.1, 0.15) is 60.0 Å². The van der Waals surface area contributed by atoms with E-state index in [1.54, 1.807) is 0 Å². The fourth-order valence-electron chi connectivity index (χ4n) is 4.33. The Bertz CT molecular complexity index is 646. The van der Waals surface area contributed by atoms with Crippen molar-refractivity contribution in [3.8, 4) is 0 Å². The van der Waals surface area contributed by atoms with E-state index in [1.807, 2.05) is 12.2 Å². The molecule has 2 aromatic rings. The van der Waals surface area contributed by atoms with Crippen molar-refractivity contribution < 1.29 is 0 Å². The van der Waals surface area contributed by atoms with E-state index in [0.29, 0.717) is 11.8 Å². The van der Waals surface area contributed by atoms with Gasteiger partial charge in [0.1, 0.15) is 0 Å². The predicted octanol–water partition coefficient (Wildman–Crippen LogP) is 5.72. The second-order valence-electron chi connectivity index (χ2n) is 7.32.